The van der Waals surface area contributed by atoms with Crippen molar-refractivity contribution in [2.75, 3.05) is 5.75 Å². The van der Waals surface area contributed by atoms with Crippen LogP contribution in [0.5, 0.6) is 0 Å². The quantitative estimate of drug-likeness (QED) is 0.637. The molecule has 0 amide bonds. The predicted molar refractivity (Wildman–Crippen MR) is 51.3 cm³/mol. The van der Waals surface area contributed by atoms with Crippen molar-refractivity contribution < 1.29 is 0 Å². The van der Waals surface area contributed by atoms with Crippen LogP contribution in [0.3, 0.4) is 0 Å². The minimum absolute atomic E-state index is 0.245. The van der Waals surface area contributed by atoms with Crippen molar-refractivity contribution >= 4 is 11.8 Å². The van der Waals surface area contributed by atoms with Gasteiger partial charge in [0.1, 0.15) is 0 Å². The lowest BCUT2D eigenvalue weighted by atomic mass is 10.2. The summed E-state index contributed by atoms with van der Waals surface area (Å²) in [7, 11) is 0. The monoisotopic (exact) mass is 198 g/mol. The summed E-state index contributed by atoms with van der Waals surface area (Å²) in [5, 5.41) is 0. The van der Waals surface area contributed by atoms with E-state index in [1.165, 1.54) is 11.8 Å². The van der Waals surface area contributed by atoms with Gasteiger partial charge in [-0.1, -0.05) is 0 Å². The SMILES string of the molecule is O=c1[nH]c2c(c(=O)[nH]1)SCCCC2. The molecule has 0 radical (unpaired) electrons. The van der Waals surface area contributed by atoms with Crippen LogP contribution in [-0.4, -0.2) is 15.7 Å². The number of hydrogen-bond donors (Lipinski definition) is 2. The predicted octanol–water partition coefficient (Wildman–Crippen LogP) is 0.492. The third kappa shape index (κ3) is 1.70. The highest BCUT2D eigenvalue weighted by molar-refractivity contribution is 7.99. The van der Waals surface area contributed by atoms with Gasteiger partial charge in [-0.15, -0.1) is 11.8 Å². The number of H-pyrrole nitrogens is 2. The molecule has 1 aromatic heterocycles. The van der Waals surface area contributed by atoms with Crippen LogP contribution >= 0.6 is 11.8 Å². The first kappa shape index (κ1) is 8.62. The van der Waals surface area contributed by atoms with Crippen LogP contribution in [0, 0.1) is 0 Å². The van der Waals surface area contributed by atoms with Crippen LogP contribution in [0.1, 0.15) is 18.5 Å². The molecule has 2 N–H and O–H groups in total. The largest absolute Gasteiger partial charge is 0.325 e. The lowest BCUT2D eigenvalue weighted by Crippen LogP contribution is -2.25. The second kappa shape index (κ2) is 3.41. The molecule has 0 saturated carbocycles. The minimum atomic E-state index is -0.397. The topological polar surface area (TPSA) is 65.7 Å². The summed E-state index contributed by atoms with van der Waals surface area (Å²) in [6.07, 6.45) is 2.95. The summed E-state index contributed by atoms with van der Waals surface area (Å²) in [6.45, 7) is 0. The van der Waals surface area contributed by atoms with Crippen molar-refractivity contribution in [2.24, 2.45) is 0 Å². The molecule has 1 aromatic rings. The second-order valence-corrected chi connectivity index (χ2v) is 4.13. The Morgan fingerprint density at radius 1 is 1.15 bits per heavy atom. The normalized spacial score (nSPS) is 16.3. The molecule has 0 unspecified atom stereocenters. The van der Waals surface area contributed by atoms with E-state index in [0.717, 1.165) is 30.7 Å². The van der Waals surface area contributed by atoms with Gasteiger partial charge in [0.15, 0.2) is 0 Å². The Kier molecular flexibility index (Phi) is 2.26. The van der Waals surface area contributed by atoms with Gasteiger partial charge in [0, 0.05) is 5.69 Å². The number of aromatic amines is 2. The molecule has 0 fully saturated rings. The Bertz CT molecular complexity index is 421. The fourth-order valence-electron chi connectivity index (χ4n) is 1.43. The number of rotatable bonds is 0. The zero-order chi connectivity index (χ0) is 9.26. The van der Waals surface area contributed by atoms with E-state index >= 15 is 0 Å². The molecule has 1 aliphatic heterocycles. The Balaban J connectivity index is 2.60. The molecule has 2 heterocycles. The van der Waals surface area contributed by atoms with E-state index in [4.69, 9.17) is 0 Å². The maximum atomic E-state index is 11.3. The Hall–Kier alpha value is -0.970. The average Bonchev–Trinajstić information content (AvgIpc) is 2.28. The van der Waals surface area contributed by atoms with Gasteiger partial charge in [-0.2, -0.15) is 0 Å². The van der Waals surface area contributed by atoms with E-state index in [-0.39, 0.29) is 5.56 Å². The Morgan fingerprint density at radius 2 is 2.00 bits per heavy atom. The third-order valence-electron chi connectivity index (χ3n) is 2.04. The maximum absolute atomic E-state index is 11.3. The zero-order valence-electron chi connectivity index (χ0n) is 7.05. The second-order valence-electron chi connectivity index (χ2n) is 3.02. The first-order valence-corrected chi connectivity index (χ1v) is 5.24. The Labute approximate surface area is 78.8 Å². The van der Waals surface area contributed by atoms with Crippen LogP contribution in [0.4, 0.5) is 0 Å². The standard InChI is InChI=1S/C8H10N2O2S/c11-7-6-5(9-8(12)10-7)3-1-2-4-13-6/h1-4H2,(H2,9,10,11,12). The molecule has 70 valence electrons. The molecule has 5 heteroatoms. The van der Waals surface area contributed by atoms with Gasteiger partial charge in [0.2, 0.25) is 0 Å². The van der Waals surface area contributed by atoms with Crippen molar-refractivity contribution in [3.63, 3.8) is 0 Å². The Morgan fingerprint density at radius 3 is 2.85 bits per heavy atom. The van der Waals surface area contributed by atoms with Gasteiger partial charge in [0.25, 0.3) is 5.56 Å². The van der Waals surface area contributed by atoms with Crippen LogP contribution in [0.25, 0.3) is 0 Å². The molecule has 4 nitrogen and oxygen atoms in total. The molecule has 0 aliphatic carbocycles. The summed E-state index contributed by atoms with van der Waals surface area (Å²) in [5.74, 6) is 0.960. The number of hydrogen-bond acceptors (Lipinski definition) is 3. The van der Waals surface area contributed by atoms with Gasteiger partial charge in [0.05, 0.1) is 4.90 Å². The highest BCUT2D eigenvalue weighted by Gasteiger charge is 2.12. The third-order valence-corrected chi connectivity index (χ3v) is 3.25. The molecular weight excluding hydrogens is 188 g/mol. The highest BCUT2D eigenvalue weighted by Crippen LogP contribution is 2.22. The first-order chi connectivity index (χ1) is 6.27. The molecular formula is C8H10N2O2S. The fraction of sp³-hybridized carbons (Fsp3) is 0.500. The highest BCUT2D eigenvalue weighted by atomic mass is 32.2. The average molecular weight is 198 g/mol. The van der Waals surface area contributed by atoms with Crippen molar-refractivity contribution in [3.8, 4) is 0 Å². The summed E-state index contributed by atoms with van der Waals surface area (Å²) < 4.78 is 0. The van der Waals surface area contributed by atoms with Gasteiger partial charge in [-0.3, -0.25) is 9.78 Å². The van der Waals surface area contributed by atoms with Crippen molar-refractivity contribution in [3.05, 3.63) is 26.5 Å². The molecule has 0 saturated heterocycles. The van der Waals surface area contributed by atoms with Gasteiger partial charge >= 0.3 is 5.69 Å². The van der Waals surface area contributed by atoms with Crippen molar-refractivity contribution in [1.82, 2.24) is 9.97 Å². The van der Waals surface area contributed by atoms with Crippen LogP contribution < -0.4 is 11.2 Å². The van der Waals surface area contributed by atoms with E-state index in [0.29, 0.717) is 4.90 Å². The summed E-state index contributed by atoms with van der Waals surface area (Å²) >= 11 is 1.53. The first-order valence-electron chi connectivity index (χ1n) is 4.25. The molecule has 2 rings (SSSR count). The molecule has 0 aromatic carbocycles. The lowest BCUT2D eigenvalue weighted by Gasteiger charge is -2.00. The minimum Gasteiger partial charge on any atom is -0.310 e. The molecule has 13 heavy (non-hydrogen) atoms. The van der Waals surface area contributed by atoms with Crippen molar-refractivity contribution in [2.45, 2.75) is 24.2 Å². The molecule has 0 bridgehead atoms. The number of aromatic nitrogens is 2. The molecule has 0 atom stereocenters. The van der Waals surface area contributed by atoms with E-state index in [2.05, 4.69) is 9.97 Å². The number of fused-ring (bicyclic) bond motifs is 1. The van der Waals surface area contributed by atoms with E-state index in [1.807, 2.05) is 0 Å². The van der Waals surface area contributed by atoms with Crippen LogP contribution in [0.2, 0.25) is 0 Å². The zero-order valence-corrected chi connectivity index (χ0v) is 7.87. The van der Waals surface area contributed by atoms with Crippen LogP contribution in [-0.2, 0) is 6.42 Å². The van der Waals surface area contributed by atoms with E-state index < -0.39 is 5.69 Å². The van der Waals surface area contributed by atoms with Gasteiger partial charge in [-0.05, 0) is 25.0 Å². The van der Waals surface area contributed by atoms with Gasteiger partial charge in [-0.25, -0.2) is 4.79 Å². The number of nitrogens with one attached hydrogen (secondary N) is 2. The number of thioether (sulfide) groups is 1. The molecule has 1 aliphatic rings. The number of aryl methyl sites for hydroxylation is 1. The van der Waals surface area contributed by atoms with Crippen LogP contribution in [0.15, 0.2) is 14.5 Å². The summed E-state index contributed by atoms with van der Waals surface area (Å²) in [5.41, 5.74) is 0.160. The van der Waals surface area contributed by atoms with Crippen molar-refractivity contribution in [1.29, 1.82) is 0 Å². The lowest BCUT2D eigenvalue weighted by molar-refractivity contribution is 0.763. The van der Waals surface area contributed by atoms with E-state index in [9.17, 15) is 9.59 Å². The smallest absolute Gasteiger partial charge is 0.310 e. The molecule has 0 spiro atoms. The summed E-state index contributed by atoms with van der Waals surface area (Å²) in [6, 6.07) is 0. The van der Waals surface area contributed by atoms with E-state index in [1.54, 1.807) is 0 Å². The fourth-order valence-corrected chi connectivity index (χ4v) is 2.49. The van der Waals surface area contributed by atoms with Gasteiger partial charge < -0.3 is 4.98 Å². The summed E-state index contributed by atoms with van der Waals surface area (Å²) in [4.78, 5) is 27.9. The maximum Gasteiger partial charge on any atom is 0.325 e.